The summed E-state index contributed by atoms with van der Waals surface area (Å²) in [6, 6.07) is 13.1. The van der Waals surface area contributed by atoms with E-state index in [1.54, 1.807) is 48.5 Å². The topological polar surface area (TPSA) is 34.1 Å². The number of halogens is 4. The van der Waals surface area contributed by atoms with Crippen molar-refractivity contribution in [2.75, 3.05) is 0 Å². The van der Waals surface area contributed by atoms with Gasteiger partial charge in [0.25, 0.3) is 0 Å². The van der Waals surface area contributed by atoms with E-state index in [1.165, 1.54) is 0 Å². The molecule has 2 atom stereocenters. The van der Waals surface area contributed by atoms with E-state index < -0.39 is 9.65 Å². The van der Waals surface area contributed by atoms with Gasteiger partial charge in [-0.15, -0.1) is 0 Å². The van der Waals surface area contributed by atoms with E-state index in [0.29, 0.717) is 21.2 Å². The molecule has 2 rings (SSSR count). The molecular weight excluding hydrogens is 455 g/mol. The SMILES string of the molecule is O=C(c1ccc(Cl)cc1)C(Br)C(Br)C(=O)c1ccc(Cl)cc1. The molecule has 0 aliphatic heterocycles. The summed E-state index contributed by atoms with van der Waals surface area (Å²) in [4.78, 5) is 23.4. The summed E-state index contributed by atoms with van der Waals surface area (Å²) in [5.41, 5.74) is 0.972. The van der Waals surface area contributed by atoms with Crippen molar-refractivity contribution >= 4 is 66.6 Å². The zero-order valence-corrected chi connectivity index (χ0v) is 15.8. The van der Waals surface area contributed by atoms with Crippen LogP contribution in [0.3, 0.4) is 0 Å². The van der Waals surface area contributed by atoms with Gasteiger partial charge in [0.05, 0.1) is 9.65 Å². The van der Waals surface area contributed by atoms with Gasteiger partial charge in [0.2, 0.25) is 0 Å². The van der Waals surface area contributed by atoms with Gasteiger partial charge in [0.15, 0.2) is 11.6 Å². The molecule has 0 spiro atoms. The molecule has 0 radical (unpaired) electrons. The lowest BCUT2D eigenvalue weighted by atomic mass is 10.0. The van der Waals surface area contributed by atoms with Gasteiger partial charge in [-0.2, -0.15) is 0 Å². The smallest absolute Gasteiger partial charge is 0.178 e. The van der Waals surface area contributed by atoms with E-state index in [9.17, 15) is 9.59 Å². The Bertz CT molecular complexity index is 623. The van der Waals surface area contributed by atoms with Gasteiger partial charge in [0, 0.05) is 21.2 Å². The quantitative estimate of drug-likeness (QED) is 0.427. The Balaban J connectivity index is 2.15. The minimum atomic E-state index is -0.683. The Kier molecular flexibility index (Phi) is 6.21. The first-order chi connectivity index (χ1) is 10.4. The van der Waals surface area contributed by atoms with Crippen LogP contribution in [0.4, 0.5) is 0 Å². The second kappa shape index (κ2) is 7.73. The predicted octanol–water partition coefficient (Wildman–Crippen LogP) is 5.59. The van der Waals surface area contributed by atoms with Crippen LogP contribution in [0.2, 0.25) is 10.0 Å². The molecule has 2 aromatic rings. The zero-order valence-electron chi connectivity index (χ0n) is 11.1. The maximum Gasteiger partial charge on any atom is 0.178 e. The lowest BCUT2D eigenvalue weighted by Gasteiger charge is -2.15. The summed E-state index contributed by atoms with van der Waals surface area (Å²) < 4.78 is 0. The molecule has 0 saturated heterocycles. The van der Waals surface area contributed by atoms with E-state index in [2.05, 4.69) is 31.9 Å². The molecule has 2 aromatic carbocycles. The summed E-state index contributed by atoms with van der Waals surface area (Å²) in [5.74, 6) is -0.387. The van der Waals surface area contributed by atoms with Gasteiger partial charge in [0.1, 0.15) is 0 Å². The van der Waals surface area contributed by atoms with Crippen LogP contribution in [0, 0.1) is 0 Å². The normalized spacial score (nSPS) is 13.5. The summed E-state index contributed by atoms with van der Waals surface area (Å²) in [5, 5.41) is 1.10. The van der Waals surface area contributed by atoms with E-state index >= 15 is 0 Å². The number of carbonyl (C=O) groups excluding carboxylic acids is 2. The van der Waals surface area contributed by atoms with Crippen molar-refractivity contribution in [3.8, 4) is 0 Å². The Labute approximate surface area is 155 Å². The van der Waals surface area contributed by atoms with E-state index in [-0.39, 0.29) is 11.6 Å². The Morgan fingerprint density at radius 1 is 0.682 bits per heavy atom. The van der Waals surface area contributed by atoms with Crippen molar-refractivity contribution in [1.82, 2.24) is 0 Å². The Hall–Kier alpha value is -0.680. The number of carbonyl (C=O) groups is 2. The molecule has 2 nitrogen and oxygen atoms in total. The van der Waals surface area contributed by atoms with E-state index in [0.717, 1.165) is 0 Å². The molecule has 0 aliphatic carbocycles. The van der Waals surface area contributed by atoms with Gasteiger partial charge < -0.3 is 0 Å². The number of hydrogen-bond donors (Lipinski definition) is 0. The van der Waals surface area contributed by atoms with Crippen molar-refractivity contribution in [1.29, 1.82) is 0 Å². The van der Waals surface area contributed by atoms with Crippen LogP contribution < -0.4 is 0 Å². The molecular formula is C16H10Br2Cl2O2. The van der Waals surface area contributed by atoms with Crippen LogP contribution in [0.25, 0.3) is 0 Å². The number of Topliss-reactive ketones (excluding diaryl/α,β-unsaturated/α-hetero) is 2. The first kappa shape index (κ1) is 17.7. The average molecular weight is 465 g/mol. The predicted molar refractivity (Wildman–Crippen MR) is 97.0 cm³/mol. The number of alkyl halides is 2. The minimum absolute atomic E-state index is 0.194. The highest BCUT2D eigenvalue weighted by Crippen LogP contribution is 2.24. The fourth-order valence-corrected chi connectivity index (χ4v) is 3.07. The van der Waals surface area contributed by atoms with E-state index in [1.807, 2.05) is 0 Å². The van der Waals surface area contributed by atoms with Crippen LogP contribution in [0.5, 0.6) is 0 Å². The highest BCUT2D eigenvalue weighted by Gasteiger charge is 2.30. The molecule has 0 N–H and O–H groups in total. The number of rotatable bonds is 5. The molecule has 0 aromatic heterocycles. The molecule has 0 aliphatic rings. The number of benzene rings is 2. The number of hydrogen-bond acceptors (Lipinski definition) is 2. The van der Waals surface area contributed by atoms with Crippen LogP contribution in [-0.4, -0.2) is 21.2 Å². The standard InChI is InChI=1S/C16H10Br2Cl2O2/c17-13(15(21)9-1-5-11(19)6-2-9)14(18)16(22)10-3-7-12(20)8-4-10/h1-8,13-14H. The summed E-state index contributed by atoms with van der Waals surface area (Å²) in [7, 11) is 0. The molecule has 0 bridgehead atoms. The lowest BCUT2D eigenvalue weighted by Crippen LogP contribution is -2.31. The summed E-state index contributed by atoms with van der Waals surface area (Å²) >= 11 is 18.2. The van der Waals surface area contributed by atoms with Gasteiger partial charge in [-0.1, -0.05) is 55.1 Å². The first-order valence-corrected chi connectivity index (χ1v) is 8.86. The third-order valence-electron chi connectivity index (χ3n) is 3.02. The van der Waals surface area contributed by atoms with Gasteiger partial charge in [-0.05, 0) is 48.5 Å². The van der Waals surface area contributed by atoms with Crippen LogP contribution in [0.1, 0.15) is 20.7 Å². The van der Waals surface area contributed by atoms with Crippen molar-refractivity contribution in [3.05, 3.63) is 69.7 Å². The molecule has 6 heteroatoms. The molecule has 0 amide bonds. The van der Waals surface area contributed by atoms with E-state index in [4.69, 9.17) is 23.2 Å². The fourth-order valence-electron chi connectivity index (χ4n) is 1.81. The second-order valence-corrected chi connectivity index (χ2v) is 7.39. The fraction of sp³-hybridized carbons (Fsp3) is 0.125. The van der Waals surface area contributed by atoms with Crippen molar-refractivity contribution < 1.29 is 9.59 Å². The lowest BCUT2D eigenvalue weighted by molar-refractivity contribution is 0.0934. The third kappa shape index (κ3) is 4.19. The zero-order chi connectivity index (χ0) is 16.3. The minimum Gasteiger partial charge on any atom is -0.293 e. The molecule has 0 saturated carbocycles. The maximum absolute atomic E-state index is 12.4. The highest BCUT2D eigenvalue weighted by atomic mass is 79.9. The summed E-state index contributed by atoms with van der Waals surface area (Å²) in [6.07, 6.45) is 0. The van der Waals surface area contributed by atoms with Gasteiger partial charge in [-0.25, -0.2) is 0 Å². The van der Waals surface area contributed by atoms with Crippen LogP contribution in [-0.2, 0) is 0 Å². The second-order valence-electron chi connectivity index (χ2n) is 4.55. The van der Waals surface area contributed by atoms with Crippen molar-refractivity contribution in [2.24, 2.45) is 0 Å². The molecule has 114 valence electrons. The number of ketones is 2. The molecule has 0 fully saturated rings. The Morgan fingerprint density at radius 2 is 0.955 bits per heavy atom. The highest BCUT2D eigenvalue weighted by molar-refractivity contribution is 9.12. The summed E-state index contributed by atoms with van der Waals surface area (Å²) in [6.45, 7) is 0. The van der Waals surface area contributed by atoms with Crippen LogP contribution in [0.15, 0.2) is 48.5 Å². The van der Waals surface area contributed by atoms with Gasteiger partial charge >= 0.3 is 0 Å². The van der Waals surface area contributed by atoms with Gasteiger partial charge in [-0.3, -0.25) is 9.59 Å². The Morgan fingerprint density at radius 3 is 1.23 bits per heavy atom. The third-order valence-corrected chi connectivity index (χ3v) is 6.12. The molecule has 0 heterocycles. The van der Waals surface area contributed by atoms with Crippen LogP contribution >= 0.6 is 55.1 Å². The van der Waals surface area contributed by atoms with Crippen molar-refractivity contribution in [3.63, 3.8) is 0 Å². The molecule has 2 unspecified atom stereocenters. The maximum atomic E-state index is 12.4. The van der Waals surface area contributed by atoms with Crippen molar-refractivity contribution in [2.45, 2.75) is 9.65 Å². The molecule has 22 heavy (non-hydrogen) atoms. The monoisotopic (exact) mass is 462 g/mol. The largest absolute Gasteiger partial charge is 0.293 e. The first-order valence-electron chi connectivity index (χ1n) is 6.28. The average Bonchev–Trinajstić information content (AvgIpc) is 2.53.